The molecule has 0 spiro atoms. The second kappa shape index (κ2) is 5.69. The van der Waals surface area contributed by atoms with Crippen LogP contribution in [0.2, 0.25) is 0 Å². The number of halogens is 1. The third-order valence-electron chi connectivity index (χ3n) is 2.48. The number of carbonyl (C=O) groups is 1. The molecule has 5 heteroatoms. The maximum absolute atomic E-state index is 12.1. The second-order valence-electron chi connectivity index (χ2n) is 3.57. The summed E-state index contributed by atoms with van der Waals surface area (Å²) < 4.78 is 5.99. The van der Waals surface area contributed by atoms with Crippen LogP contribution in [0, 0.1) is 11.3 Å². The van der Waals surface area contributed by atoms with Gasteiger partial charge in [-0.25, -0.2) is 0 Å². The van der Waals surface area contributed by atoms with E-state index in [9.17, 15) is 4.79 Å². The molecule has 0 heterocycles. The number of nitriles is 1. The SMILES string of the molecule is COc1cc(Br)ccc1C(=O)N(C)C(C)C#N. The van der Waals surface area contributed by atoms with Gasteiger partial charge < -0.3 is 9.64 Å². The van der Waals surface area contributed by atoms with Crippen LogP contribution in [0.15, 0.2) is 22.7 Å². The van der Waals surface area contributed by atoms with E-state index < -0.39 is 6.04 Å². The van der Waals surface area contributed by atoms with E-state index >= 15 is 0 Å². The molecule has 0 fully saturated rings. The average Bonchev–Trinajstić information content (AvgIpc) is 2.35. The second-order valence-corrected chi connectivity index (χ2v) is 4.48. The van der Waals surface area contributed by atoms with Crippen LogP contribution in [0.3, 0.4) is 0 Å². The number of benzene rings is 1. The number of hydrogen-bond donors (Lipinski definition) is 0. The van der Waals surface area contributed by atoms with Gasteiger partial charge in [-0.1, -0.05) is 15.9 Å². The molecule has 0 bridgehead atoms. The number of carbonyl (C=O) groups excluding carboxylic acids is 1. The van der Waals surface area contributed by atoms with Crippen LogP contribution < -0.4 is 4.74 Å². The van der Waals surface area contributed by atoms with Crippen molar-refractivity contribution in [3.05, 3.63) is 28.2 Å². The van der Waals surface area contributed by atoms with Gasteiger partial charge in [0.25, 0.3) is 5.91 Å². The highest BCUT2D eigenvalue weighted by Crippen LogP contribution is 2.24. The Morgan fingerprint density at radius 1 is 1.59 bits per heavy atom. The molecule has 4 nitrogen and oxygen atoms in total. The molecule has 0 radical (unpaired) electrons. The van der Waals surface area contributed by atoms with E-state index in [1.807, 2.05) is 6.07 Å². The van der Waals surface area contributed by atoms with Crippen LogP contribution in [-0.4, -0.2) is 31.0 Å². The standard InChI is InChI=1S/C12H13BrN2O2/c1-8(7-14)15(2)12(16)10-5-4-9(13)6-11(10)17-3/h4-6,8H,1-3H3. The summed E-state index contributed by atoms with van der Waals surface area (Å²) in [4.78, 5) is 13.5. The van der Waals surface area contributed by atoms with Gasteiger partial charge in [0.05, 0.1) is 18.7 Å². The highest BCUT2D eigenvalue weighted by atomic mass is 79.9. The molecule has 0 aliphatic carbocycles. The first-order chi connectivity index (χ1) is 8.01. The fraction of sp³-hybridized carbons (Fsp3) is 0.333. The summed E-state index contributed by atoms with van der Waals surface area (Å²) >= 11 is 3.31. The van der Waals surface area contributed by atoms with Crippen molar-refractivity contribution in [2.24, 2.45) is 0 Å². The van der Waals surface area contributed by atoms with E-state index in [0.717, 1.165) is 4.47 Å². The lowest BCUT2D eigenvalue weighted by Crippen LogP contribution is -2.34. The fourth-order valence-corrected chi connectivity index (χ4v) is 1.63. The average molecular weight is 297 g/mol. The van der Waals surface area contributed by atoms with E-state index in [-0.39, 0.29) is 5.91 Å². The van der Waals surface area contributed by atoms with Crippen molar-refractivity contribution in [3.8, 4) is 11.8 Å². The number of methoxy groups -OCH3 is 1. The summed E-state index contributed by atoms with van der Waals surface area (Å²) in [5, 5.41) is 8.79. The van der Waals surface area contributed by atoms with Gasteiger partial charge in [-0.2, -0.15) is 5.26 Å². The molecule has 1 unspecified atom stereocenters. The molecule has 0 saturated heterocycles. The number of ether oxygens (including phenoxy) is 1. The van der Waals surface area contributed by atoms with Gasteiger partial charge in [0.1, 0.15) is 11.8 Å². The molecule has 17 heavy (non-hydrogen) atoms. The molecule has 0 aliphatic heterocycles. The normalized spacial score (nSPS) is 11.5. The smallest absolute Gasteiger partial charge is 0.258 e. The molecule has 1 atom stereocenters. The van der Waals surface area contributed by atoms with Crippen molar-refractivity contribution in [2.45, 2.75) is 13.0 Å². The van der Waals surface area contributed by atoms with Gasteiger partial charge in [-0.15, -0.1) is 0 Å². The summed E-state index contributed by atoms with van der Waals surface area (Å²) in [5.74, 6) is 0.254. The maximum atomic E-state index is 12.1. The Labute approximate surface area is 109 Å². The van der Waals surface area contributed by atoms with E-state index in [1.165, 1.54) is 12.0 Å². The first-order valence-corrected chi connectivity index (χ1v) is 5.81. The van der Waals surface area contributed by atoms with Gasteiger partial charge in [0.2, 0.25) is 0 Å². The van der Waals surface area contributed by atoms with Crippen molar-refractivity contribution < 1.29 is 9.53 Å². The van der Waals surface area contributed by atoms with E-state index in [0.29, 0.717) is 11.3 Å². The molecule has 0 N–H and O–H groups in total. The fourth-order valence-electron chi connectivity index (χ4n) is 1.29. The highest BCUT2D eigenvalue weighted by Gasteiger charge is 2.20. The molecule has 1 amide bonds. The molecular formula is C12H13BrN2O2. The van der Waals surface area contributed by atoms with E-state index in [2.05, 4.69) is 15.9 Å². The molecule has 0 aliphatic rings. The number of rotatable bonds is 3. The molecule has 0 saturated carbocycles. The zero-order chi connectivity index (χ0) is 13.0. The Morgan fingerprint density at radius 2 is 2.24 bits per heavy atom. The monoisotopic (exact) mass is 296 g/mol. The lowest BCUT2D eigenvalue weighted by Gasteiger charge is -2.20. The molecule has 90 valence electrons. The van der Waals surface area contributed by atoms with Crippen LogP contribution in [0.1, 0.15) is 17.3 Å². The van der Waals surface area contributed by atoms with Crippen LogP contribution in [-0.2, 0) is 0 Å². The molecule has 1 aromatic rings. The van der Waals surface area contributed by atoms with Gasteiger partial charge in [0.15, 0.2) is 0 Å². The Kier molecular flexibility index (Phi) is 4.53. The van der Waals surface area contributed by atoms with Crippen LogP contribution in [0.4, 0.5) is 0 Å². The summed E-state index contributed by atoms with van der Waals surface area (Å²) in [6, 6.07) is 6.70. The minimum atomic E-state index is -0.476. The first kappa shape index (κ1) is 13.5. The van der Waals surface area contributed by atoms with Crippen molar-refractivity contribution in [1.82, 2.24) is 4.90 Å². The Balaban J connectivity index is 3.09. The predicted octanol–water partition coefficient (Wildman–Crippen LogP) is 2.44. The predicted molar refractivity (Wildman–Crippen MR) is 67.9 cm³/mol. The van der Waals surface area contributed by atoms with Gasteiger partial charge in [-0.3, -0.25) is 4.79 Å². The minimum absolute atomic E-state index is 0.233. The first-order valence-electron chi connectivity index (χ1n) is 5.01. The highest BCUT2D eigenvalue weighted by molar-refractivity contribution is 9.10. The summed E-state index contributed by atoms with van der Waals surface area (Å²) in [7, 11) is 3.10. The van der Waals surface area contributed by atoms with Gasteiger partial charge in [0, 0.05) is 11.5 Å². The van der Waals surface area contributed by atoms with Crippen LogP contribution >= 0.6 is 15.9 Å². The third-order valence-corrected chi connectivity index (χ3v) is 2.98. The molecule has 1 aromatic carbocycles. The summed E-state index contributed by atoms with van der Waals surface area (Å²) in [6.45, 7) is 1.67. The zero-order valence-electron chi connectivity index (χ0n) is 9.90. The lowest BCUT2D eigenvalue weighted by molar-refractivity contribution is 0.0770. The molecular weight excluding hydrogens is 284 g/mol. The number of hydrogen-bond acceptors (Lipinski definition) is 3. The van der Waals surface area contributed by atoms with E-state index in [4.69, 9.17) is 10.00 Å². The Morgan fingerprint density at radius 3 is 2.76 bits per heavy atom. The molecule has 1 rings (SSSR count). The summed E-state index contributed by atoms with van der Waals surface area (Å²) in [6.07, 6.45) is 0. The Hall–Kier alpha value is -1.54. The van der Waals surface area contributed by atoms with Crippen molar-refractivity contribution in [2.75, 3.05) is 14.2 Å². The minimum Gasteiger partial charge on any atom is -0.496 e. The van der Waals surface area contributed by atoms with Gasteiger partial charge in [-0.05, 0) is 25.1 Å². The Bertz CT molecular complexity index is 468. The van der Waals surface area contributed by atoms with Crippen molar-refractivity contribution in [3.63, 3.8) is 0 Å². The third kappa shape index (κ3) is 2.98. The maximum Gasteiger partial charge on any atom is 0.258 e. The summed E-state index contributed by atoms with van der Waals surface area (Å²) in [5.41, 5.74) is 0.445. The van der Waals surface area contributed by atoms with Crippen LogP contribution in [0.25, 0.3) is 0 Å². The number of amides is 1. The topological polar surface area (TPSA) is 53.3 Å². The number of nitrogens with zero attached hydrogens (tertiary/aromatic N) is 2. The van der Waals surface area contributed by atoms with Gasteiger partial charge >= 0.3 is 0 Å². The largest absolute Gasteiger partial charge is 0.496 e. The zero-order valence-corrected chi connectivity index (χ0v) is 11.5. The quantitative estimate of drug-likeness (QED) is 0.861. The lowest BCUT2D eigenvalue weighted by atomic mass is 10.1. The van der Waals surface area contributed by atoms with Crippen molar-refractivity contribution >= 4 is 21.8 Å². The van der Waals surface area contributed by atoms with E-state index in [1.54, 1.807) is 32.2 Å². The van der Waals surface area contributed by atoms with Crippen molar-refractivity contribution in [1.29, 1.82) is 5.26 Å². The van der Waals surface area contributed by atoms with Crippen LogP contribution in [0.5, 0.6) is 5.75 Å². The molecule has 0 aromatic heterocycles.